The molecule has 0 bridgehead atoms. The van der Waals surface area contributed by atoms with Gasteiger partial charge in [-0.2, -0.15) is 10.1 Å². The number of nitrogens with one attached hydrogen (secondary N) is 1. The summed E-state index contributed by atoms with van der Waals surface area (Å²) in [5.41, 5.74) is 4.17. The van der Waals surface area contributed by atoms with Gasteiger partial charge in [-0.3, -0.25) is 0 Å². The molecule has 1 N–H and O–H groups in total. The molecule has 1 atom stereocenters. The van der Waals surface area contributed by atoms with Crippen molar-refractivity contribution < 1.29 is 14.2 Å². The average Bonchev–Trinajstić information content (AvgIpc) is 3.19. The Morgan fingerprint density at radius 2 is 1.96 bits per heavy atom. The SMILES string of the molecule is COc1ccc([C@@H]2C3=C(Nc4ncnn42)c2ccccc2OC3)cc1OC. The van der Waals surface area contributed by atoms with Gasteiger partial charge in [0.15, 0.2) is 11.5 Å². The quantitative estimate of drug-likeness (QED) is 0.772. The van der Waals surface area contributed by atoms with Gasteiger partial charge in [0.2, 0.25) is 5.95 Å². The predicted molar refractivity (Wildman–Crippen MR) is 100 cm³/mol. The summed E-state index contributed by atoms with van der Waals surface area (Å²) in [6.07, 6.45) is 1.56. The highest BCUT2D eigenvalue weighted by Crippen LogP contribution is 2.44. The Labute approximate surface area is 156 Å². The van der Waals surface area contributed by atoms with Gasteiger partial charge < -0.3 is 19.5 Å². The van der Waals surface area contributed by atoms with E-state index in [1.807, 2.05) is 41.1 Å². The van der Waals surface area contributed by atoms with E-state index in [1.165, 1.54) is 0 Å². The van der Waals surface area contributed by atoms with Crippen molar-refractivity contribution >= 4 is 11.6 Å². The number of fused-ring (bicyclic) bond motifs is 3. The maximum absolute atomic E-state index is 6.02. The third-order valence-electron chi connectivity index (χ3n) is 4.97. The van der Waals surface area contributed by atoms with Crippen LogP contribution in [-0.4, -0.2) is 35.6 Å². The van der Waals surface area contributed by atoms with Crippen molar-refractivity contribution in [3.05, 3.63) is 65.5 Å². The Morgan fingerprint density at radius 1 is 1.11 bits per heavy atom. The lowest BCUT2D eigenvalue weighted by molar-refractivity contribution is 0.327. The standard InChI is InChI=1S/C20H18N4O3/c1-25-16-8-7-12(9-17(16)26-2)19-14-10-27-15-6-4-3-5-13(15)18(14)23-20-21-11-22-24(19)20/h3-9,11,19H,10H2,1-2H3,(H,21,22,23)/t19-/m1/s1. The van der Waals surface area contributed by atoms with Crippen LogP contribution in [0.1, 0.15) is 17.2 Å². The van der Waals surface area contributed by atoms with Crippen LogP contribution in [0.25, 0.3) is 5.70 Å². The molecule has 0 spiro atoms. The molecule has 0 unspecified atom stereocenters. The molecule has 0 aliphatic carbocycles. The van der Waals surface area contributed by atoms with Crippen molar-refractivity contribution in [2.75, 3.05) is 26.1 Å². The van der Waals surface area contributed by atoms with Gasteiger partial charge >= 0.3 is 0 Å². The molecule has 136 valence electrons. The summed E-state index contributed by atoms with van der Waals surface area (Å²) in [4.78, 5) is 4.38. The van der Waals surface area contributed by atoms with E-state index >= 15 is 0 Å². The van der Waals surface area contributed by atoms with Crippen LogP contribution in [0.2, 0.25) is 0 Å². The van der Waals surface area contributed by atoms with Crippen molar-refractivity contribution in [1.29, 1.82) is 0 Å². The fraction of sp³-hybridized carbons (Fsp3) is 0.200. The van der Waals surface area contributed by atoms with Gasteiger partial charge in [-0.1, -0.05) is 18.2 Å². The maximum atomic E-state index is 6.02. The minimum absolute atomic E-state index is 0.146. The monoisotopic (exact) mass is 362 g/mol. The van der Waals surface area contributed by atoms with Crippen LogP contribution in [0.5, 0.6) is 17.2 Å². The normalized spacial score (nSPS) is 17.2. The zero-order valence-electron chi connectivity index (χ0n) is 15.0. The predicted octanol–water partition coefficient (Wildman–Crippen LogP) is 3.11. The van der Waals surface area contributed by atoms with Gasteiger partial charge in [0.05, 0.1) is 19.9 Å². The van der Waals surface area contributed by atoms with Gasteiger partial charge in [-0.25, -0.2) is 4.68 Å². The number of para-hydroxylation sites is 1. The van der Waals surface area contributed by atoms with E-state index in [-0.39, 0.29) is 6.04 Å². The van der Waals surface area contributed by atoms with Crippen molar-refractivity contribution in [2.24, 2.45) is 0 Å². The molecule has 27 heavy (non-hydrogen) atoms. The van der Waals surface area contributed by atoms with Gasteiger partial charge in [0, 0.05) is 11.1 Å². The smallest absolute Gasteiger partial charge is 0.226 e. The molecule has 2 aliphatic rings. The van der Waals surface area contributed by atoms with Gasteiger partial charge in [-0.15, -0.1) is 0 Å². The van der Waals surface area contributed by atoms with Crippen molar-refractivity contribution in [3.8, 4) is 17.2 Å². The van der Waals surface area contributed by atoms with Crippen molar-refractivity contribution in [1.82, 2.24) is 14.8 Å². The Balaban J connectivity index is 1.70. The number of ether oxygens (including phenoxy) is 3. The molecular formula is C20H18N4O3. The molecule has 3 aromatic rings. The summed E-state index contributed by atoms with van der Waals surface area (Å²) < 4.78 is 18.8. The summed E-state index contributed by atoms with van der Waals surface area (Å²) in [7, 11) is 3.26. The highest BCUT2D eigenvalue weighted by Gasteiger charge is 2.35. The molecule has 0 radical (unpaired) electrons. The van der Waals surface area contributed by atoms with Crippen LogP contribution >= 0.6 is 0 Å². The molecule has 0 fully saturated rings. The molecule has 2 aromatic carbocycles. The van der Waals surface area contributed by atoms with Crippen LogP contribution < -0.4 is 19.5 Å². The van der Waals surface area contributed by atoms with Gasteiger partial charge in [0.25, 0.3) is 0 Å². The van der Waals surface area contributed by atoms with E-state index in [9.17, 15) is 0 Å². The van der Waals surface area contributed by atoms with Gasteiger partial charge in [0.1, 0.15) is 24.7 Å². The molecule has 5 rings (SSSR count). The molecule has 7 heteroatoms. The van der Waals surface area contributed by atoms with Crippen LogP contribution in [-0.2, 0) is 0 Å². The second kappa shape index (κ2) is 6.05. The molecular weight excluding hydrogens is 344 g/mol. The first-order chi connectivity index (χ1) is 13.3. The second-order valence-electron chi connectivity index (χ2n) is 6.36. The lowest BCUT2D eigenvalue weighted by Crippen LogP contribution is -2.30. The number of hydrogen-bond acceptors (Lipinski definition) is 6. The highest BCUT2D eigenvalue weighted by atomic mass is 16.5. The Morgan fingerprint density at radius 3 is 2.81 bits per heavy atom. The first kappa shape index (κ1) is 15.7. The van der Waals surface area contributed by atoms with E-state index in [4.69, 9.17) is 14.2 Å². The van der Waals surface area contributed by atoms with E-state index in [0.29, 0.717) is 24.1 Å². The second-order valence-corrected chi connectivity index (χ2v) is 6.36. The minimum Gasteiger partial charge on any atom is -0.493 e. The van der Waals surface area contributed by atoms with Crippen molar-refractivity contribution in [2.45, 2.75) is 6.04 Å². The fourth-order valence-electron chi connectivity index (χ4n) is 3.72. The zero-order valence-corrected chi connectivity index (χ0v) is 15.0. The first-order valence-electron chi connectivity index (χ1n) is 8.64. The summed E-state index contributed by atoms with van der Waals surface area (Å²) in [5, 5.41) is 7.86. The molecule has 0 amide bonds. The van der Waals surface area contributed by atoms with Crippen LogP contribution in [0.15, 0.2) is 54.4 Å². The summed E-state index contributed by atoms with van der Waals surface area (Å²) in [5.74, 6) is 2.93. The van der Waals surface area contributed by atoms with E-state index < -0.39 is 0 Å². The number of hydrogen-bond donors (Lipinski definition) is 1. The summed E-state index contributed by atoms with van der Waals surface area (Å²) >= 11 is 0. The van der Waals surface area contributed by atoms with Gasteiger partial charge in [-0.05, 0) is 29.8 Å². The number of nitrogens with zero attached hydrogens (tertiary/aromatic N) is 3. The third kappa shape index (κ3) is 2.35. The average molecular weight is 362 g/mol. The number of aromatic nitrogens is 3. The minimum atomic E-state index is -0.146. The largest absolute Gasteiger partial charge is 0.493 e. The lowest BCUT2D eigenvalue weighted by Gasteiger charge is -2.34. The molecule has 3 heterocycles. The summed E-state index contributed by atoms with van der Waals surface area (Å²) in [6.45, 7) is 0.470. The van der Waals surface area contributed by atoms with E-state index in [2.05, 4.69) is 21.5 Å². The van der Waals surface area contributed by atoms with E-state index in [1.54, 1.807) is 20.5 Å². The molecule has 2 aliphatic heterocycles. The van der Waals surface area contributed by atoms with Crippen LogP contribution in [0.3, 0.4) is 0 Å². The lowest BCUT2D eigenvalue weighted by atomic mass is 9.91. The number of anilines is 1. The topological polar surface area (TPSA) is 70.4 Å². The number of rotatable bonds is 3. The zero-order chi connectivity index (χ0) is 18.4. The van der Waals surface area contributed by atoms with Crippen molar-refractivity contribution in [3.63, 3.8) is 0 Å². The number of methoxy groups -OCH3 is 2. The summed E-state index contributed by atoms with van der Waals surface area (Å²) in [6, 6.07) is 13.8. The maximum Gasteiger partial charge on any atom is 0.226 e. The first-order valence-corrected chi connectivity index (χ1v) is 8.64. The third-order valence-corrected chi connectivity index (χ3v) is 4.97. The van der Waals surface area contributed by atoms with E-state index in [0.717, 1.165) is 28.1 Å². The Kier molecular flexibility index (Phi) is 3.53. The number of benzene rings is 2. The highest BCUT2D eigenvalue weighted by molar-refractivity contribution is 5.84. The molecule has 7 nitrogen and oxygen atoms in total. The van der Waals surface area contributed by atoms with Crippen LogP contribution in [0.4, 0.5) is 5.95 Å². The molecule has 1 aromatic heterocycles. The molecule has 0 saturated carbocycles. The van der Waals surface area contributed by atoms with Crippen LogP contribution in [0, 0.1) is 0 Å². The Bertz CT molecular complexity index is 1060. The Hall–Kier alpha value is -3.48. The fourth-order valence-corrected chi connectivity index (χ4v) is 3.72. The molecule has 0 saturated heterocycles.